The minimum absolute atomic E-state index is 0.0304. The highest BCUT2D eigenvalue weighted by molar-refractivity contribution is 6.03. The molecule has 3 aliphatic carbocycles. The van der Waals surface area contributed by atoms with Crippen LogP contribution in [0, 0.1) is 48.6 Å². The van der Waals surface area contributed by atoms with E-state index in [0.29, 0.717) is 69.4 Å². The maximum atomic E-state index is 15.7. The number of halogens is 2. The summed E-state index contributed by atoms with van der Waals surface area (Å²) in [5, 5.41) is 16.0. The summed E-state index contributed by atoms with van der Waals surface area (Å²) < 4.78 is 45.3. The van der Waals surface area contributed by atoms with Crippen molar-refractivity contribution < 1.29 is 22.8 Å². The molecule has 6 aromatic rings. The Bertz CT molecular complexity index is 3230. The van der Waals surface area contributed by atoms with Crippen molar-refractivity contribution >= 4 is 40.6 Å². The number of carbonyl (C=O) groups excluding carboxylic acids is 1. The first kappa shape index (κ1) is 51.2. The molecule has 1 saturated heterocycles. The average molecular weight is 999 g/mol. The highest BCUT2D eigenvalue weighted by atomic mass is 19.1. The van der Waals surface area contributed by atoms with E-state index in [0.717, 1.165) is 81.1 Å². The molecule has 0 bridgehead atoms. The second kappa shape index (κ2) is 20.3. The molecule has 15 nitrogen and oxygen atoms in total. The minimum atomic E-state index is -0.664. The Balaban J connectivity index is 0.000000173. The van der Waals surface area contributed by atoms with Crippen molar-refractivity contribution in [2.45, 2.75) is 123 Å². The largest absolute Gasteiger partial charge is 0.438 e. The molecule has 386 valence electrons. The number of nitrogens with zero attached hydrogens (tertiary/aromatic N) is 6. The number of carbonyl (C=O) groups is 1. The lowest BCUT2D eigenvalue weighted by molar-refractivity contribution is -0.0592. The quantitative estimate of drug-likeness (QED) is 0.0555. The van der Waals surface area contributed by atoms with Crippen molar-refractivity contribution in [3.63, 3.8) is 0 Å². The molecule has 5 N–H and O–H groups in total. The van der Waals surface area contributed by atoms with Crippen LogP contribution >= 0.6 is 0 Å². The predicted octanol–water partition coefficient (Wildman–Crippen LogP) is 9.87. The summed E-state index contributed by atoms with van der Waals surface area (Å²) in [5.41, 5.74) is 11.4. The lowest BCUT2D eigenvalue weighted by Crippen LogP contribution is -2.43. The standard InChI is InChI=1S/C30H35F2N7O.C22H25N3O4.C4H8/c1-17-13-21(14-18(2)27(17)31)36-29(26-19(3)37(4)10-9-23(26)34)39-12-11-38(30(39)40)25-8-7-24(22(15-33)28(25)32)35-16-20-5-6-20;1-13-10-22(13,19-23-20(27)29-24-19)25-17(12-26)9-16-8-14(4-5-18(16)25)15-6-7-28-21(2,3)11-15;1-4-2-3-4/h7-8,11-15,19-20,33,35H,5-6,9-10,16,34H2,1-4H3;4-5,8-9,12-13,15H,6-7,10-11H2,1-3H3,(H,23,24,27);4H,2-3H2,1H3. The third-order valence-corrected chi connectivity index (χ3v) is 15.4. The zero-order valence-corrected chi connectivity index (χ0v) is 43.2. The Kier molecular flexibility index (Phi) is 14.2. The monoisotopic (exact) mass is 999 g/mol. The van der Waals surface area contributed by atoms with E-state index in [1.807, 2.05) is 24.6 Å². The van der Waals surface area contributed by atoms with Crippen molar-refractivity contribution in [1.29, 1.82) is 5.41 Å². The molecule has 11 rings (SSSR count). The van der Waals surface area contributed by atoms with Crippen LogP contribution in [0.1, 0.15) is 130 Å². The number of fused-ring (bicyclic) bond motifs is 1. The van der Waals surface area contributed by atoms with Crippen LogP contribution in [0.2, 0.25) is 0 Å². The van der Waals surface area contributed by atoms with Crippen LogP contribution in [0.15, 0.2) is 91.3 Å². The molecule has 73 heavy (non-hydrogen) atoms. The Morgan fingerprint density at radius 1 is 0.986 bits per heavy atom. The molecule has 2 aliphatic heterocycles. The van der Waals surface area contributed by atoms with Gasteiger partial charge in [0.2, 0.25) is 0 Å². The topological polar surface area (TPSA) is 195 Å². The first-order chi connectivity index (χ1) is 34.8. The third-order valence-electron chi connectivity index (χ3n) is 15.4. The summed E-state index contributed by atoms with van der Waals surface area (Å²) in [4.78, 5) is 47.0. The minimum Gasteiger partial charge on any atom is -0.402 e. The maximum Gasteiger partial charge on any atom is 0.438 e. The summed E-state index contributed by atoms with van der Waals surface area (Å²) >= 11 is 0. The molecule has 3 saturated carbocycles. The third kappa shape index (κ3) is 10.4. The molecule has 4 atom stereocenters. The van der Waals surface area contributed by atoms with Gasteiger partial charge in [-0.15, -0.1) is 0 Å². The smallest absolute Gasteiger partial charge is 0.402 e. The Hall–Kier alpha value is -6.72. The molecule has 4 fully saturated rings. The number of H-pyrrole nitrogens is 1. The number of hydrogen-bond acceptors (Lipinski definition) is 11. The molecule has 5 aliphatic rings. The van der Waals surface area contributed by atoms with E-state index in [1.165, 1.54) is 46.0 Å². The van der Waals surface area contributed by atoms with Gasteiger partial charge in [-0.05, 0) is 157 Å². The first-order valence-corrected chi connectivity index (χ1v) is 25.6. The van der Waals surface area contributed by atoms with Crippen LogP contribution < -0.4 is 22.5 Å². The van der Waals surface area contributed by atoms with Crippen LogP contribution in [-0.4, -0.2) is 85.5 Å². The molecule has 3 aromatic heterocycles. The number of aldehydes is 1. The number of nitrogens with one attached hydrogen (secondary N) is 3. The van der Waals surface area contributed by atoms with E-state index in [1.54, 1.807) is 32.0 Å². The lowest BCUT2D eigenvalue weighted by atomic mass is 9.83. The fourth-order valence-electron chi connectivity index (χ4n) is 10.5. The number of aliphatic imine (C=N–C) groups is 1. The van der Waals surface area contributed by atoms with E-state index in [4.69, 9.17) is 25.4 Å². The number of rotatable bonds is 11. The molecule has 0 radical (unpaired) electrons. The summed E-state index contributed by atoms with van der Waals surface area (Å²) in [6.07, 6.45) is 13.5. The molecule has 0 amide bonds. The fraction of sp³-hybridized carbons (Fsp3) is 0.464. The zero-order valence-electron chi connectivity index (χ0n) is 43.2. The average Bonchev–Trinajstić information content (AvgIpc) is 4.32. The molecular weight excluding hydrogens is 931 g/mol. The second-order valence-electron chi connectivity index (χ2n) is 21.6. The van der Waals surface area contributed by atoms with E-state index in [9.17, 15) is 18.8 Å². The van der Waals surface area contributed by atoms with E-state index < -0.39 is 22.8 Å². The van der Waals surface area contributed by atoms with Gasteiger partial charge in [-0.3, -0.25) is 28.3 Å². The fourth-order valence-corrected chi connectivity index (χ4v) is 10.5. The van der Waals surface area contributed by atoms with Crippen LogP contribution in [0.25, 0.3) is 16.6 Å². The van der Waals surface area contributed by atoms with Crippen LogP contribution in [0.4, 0.5) is 20.2 Å². The Morgan fingerprint density at radius 2 is 1.70 bits per heavy atom. The Labute approximate surface area is 424 Å². The van der Waals surface area contributed by atoms with E-state index >= 15 is 4.39 Å². The van der Waals surface area contributed by atoms with Crippen molar-refractivity contribution in [2.24, 2.45) is 28.5 Å². The summed E-state index contributed by atoms with van der Waals surface area (Å²) in [7, 11) is 1.97. The highest BCUT2D eigenvalue weighted by Crippen LogP contribution is 2.55. The van der Waals surface area contributed by atoms with Crippen molar-refractivity contribution in [2.75, 3.05) is 32.1 Å². The van der Waals surface area contributed by atoms with Gasteiger partial charge in [0, 0.05) is 78.6 Å². The van der Waals surface area contributed by atoms with Crippen molar-refractivity contribution in [3.8, 4) is 5.69 Å². The number of anilines is 1. The molecule has 5 heterocycles. The number of aromatic nitrogens is 5. The summed E-state index contributed by atoms with van der Waals surface area (Å²) in [6.45, 7) is 16.2. The van der Waals surface area contributed by atoms with Gasteiger partial charge in [0.25, 0.3) is 0 Å². The Morgan fingerprint density at radius 3 is 2.30 bits per heavy atom. The summed E-state index contributed by atoms with van der Waals surface area (Å²) in [6, 6.07) is 14.7. The van der Waals surface area contributed by atoms with Crippen LogP contribution in [0.3, 0.4) is 0 Å². The molecule has 3 aromatic carbocycles. The maximum absolute atomic E-state index is 15.7. The number of hydrogen-bond donors (Lipinski definition) is 4. The molecular formula is C56H68F2N10O5. The van der Waals surface area contributed by atoms with Gasteiger partial charge in [0.1, 0.15) is 17.2 Å². The van der Waals surface area contributed by atoms with Gasteiger partial charge in [-0.1, -0.05) is 37.9 Å². The van der Waals surface area contributed by atoms with Gasteiger partial charge in [0.15, 0.2) is 17.9 Å². The van der Waals surface area contributed by atoms with Crippen LogP contribution in [-0.2, 0) is 10.3 Å². The number of imidazole rings is 1. The van der Waals surface area contributed by atoms with Crippen LogP contribution in [0.5, 0.6) is 0 Å². The SMILES string of the molecule is CC1CC1.CC1CC1(c1noc(=O)[nH]1)n1c(C=O)cc2cc(C3CCOC(C)(C)C3)ccc21.Cc1cc(N=C(C2=C(N)CCN(C)C2C)n2ccn(-c3ccc(NCC4CC4)c(C=N)c3F)c2=O)cc(C)c1F. The van der Waals surface area contributed by atoms with Crippen molar-refractivity contribution in [3.05, 3.63) is 139 Å². The molecule has 0 spiro atoms. The first-order valence-electron chi connectivity index (χ1n) is 25.6. The second-order valence-corrected chi connectivity index (χ2v) is 21.6. The predicted molar refractivity (Wildman–Crippen MR) is 281 cm³/mol. The zero-order chi connectivity index (χ0) is 52.1. The molecule has 17 heteroatoms. The normalized spacial score (nSPS) is 22.8. The number of ether oxygens (including phenoxy) is 1. The van der Waals surface area contributed by atoms with Gasteiger partial charge < -0.3 is 25.8 Å². The van der Waals surface area contributed by atoms with Gasteiger partial charge in [0.05, 0.1) is 28.2 Å². The number of benzene rings is 3. The number of aryl methyl sites for hydroxylation is 2. The number of nitrogens with two attached hydrogens (primary N) is 1. The molecule has 4 unspecified atom stereocenters. The van der Waals surface area contributed by atoms with Gasteiger partial charge in [-0.25, -0.2) is 23.4 Å². The van der Waals surface area contributed by atoms with E-state index in [-0.39, 0.29) is 34.6 Å². The summed E-state index contributed by atoms with van der Waals surface area (Å²) in [5.74, 6) is 1.57. The van der Waals surface area contributed by atoms with Gasteiger partial charge in [-0.2, -0.15) is 0 Å². The van der Waals surface area contributed by atoms with Gasteiger partial charge >= 0.3 is 11.4 Å². The van der Waals surface area contributed by atoms with E-state index in [2.05, 4.69) is 66.3 Å². The highest BCUT2D eigenvalue weighted by Gasteiger charge is 2.58. The lowest BCUT2D eigenvalue weighted by Gasteiger charge is -2.35. The number of aromatic amines is 1. The number of likely N-dealkylation sites (N-methyl/N-ethyl adjacent to an activating group) is 1. The van der Waals surface area contributed by atoms with Crippen molar-refractivity contribution in [1.82, 2.24) is 28.7 Å².